The van der Waals surface area contributed by atoms with Crippen molar-refractivity contribution in [2.24, 2.45) is 5.92 Å². The Hall–Kier alpha value is -1.19. The summed E-state index contributed by atoms with van der Waals surface area (Å²) >= 11 is 3.52. The molecule has 0 spiro atoms. The fraction of sp³-hybridized carbons (Fsp3) is 0.333. The number of hydrogen-bond acceptors (Lipinski definition) is 1. The van der Waals surface area contributed by atoms with Crippen LogP contribution in [-0.4, -0.2) is 13.1 Å². The van der Waals surface area contributed by atoms with E-state index in [2.05, 4.69) is 46.4 Å². The molecule has 0 aliphatic heterocycles. The second kappa shape index (κ2) is 8.30. The molecule has 0 aliphatic carbocycles. The minimum absolute atomic E-state index is 0.172. The molecule has 0 fully saturated rings. The SMILES string of the molecule is CCNCC(Cc1ccc(F)cc1)Cc1cccc(Br)c1. The van der Waals surface area contributed by atoms with Crippen LogP contribution in [0.4, 0.5) is 4.39 Å². The average Bonchev–Trinajstić information content (AvgIpc) is 2.47. The summed E-state index contributed by atoms with van der Waals surface area (Å²) in [5, 5.41) is 3.43. The molecule has 2 aromatic rings. The summed E-state index contributed by atoms with van der Waals surface area (Å²) in [6, 6.07) is 15.3. The molecule has 2 aromatic carbocycles. The molecule has 0 bridgehead atoms. The second-order valence-corrected chi connectivity index (χ2v) is 6.25. The molecular formula is C18H21BrFN. The van der Waals surface area contributed by atoms with E-state index in [4.69, 9.17) is 0 Å². The van der Waals surface area contributed by atoms with Crippen molar-refractivity contribution in [3.05, 3.63) is 69.9 Å². The van der Waals surface area contributed by atoms with E-state index < -0.39 is 0 Å². The fourth-order valence-corrected chi connectivity index (χ4v) is 2.96. The molecule has 1 unspecified atom stereocenters. The minimum atomic E-state index is -0.172. The molecule has 0 heterocycles. The van der Waals surface area contributed by atoms with Gasteiger partial charge in [-0.15, -0.1) is 0 Å². The van der Waals surface area contributed by atoms with Crippen LogP contribution in [-0.2, 0) is 12.8 Å². The lowest BCUT2D eigenvalue weighted by molar-refractivity contribution is 0.478. The van der Waals surface area contributed by atoms with Crippen LogP contribution in [0.5, 0.6) is 0 Å². The first-order chi connectivity index (χ1) is 10.2. The van der Waals surface area contributed by atoms with E-state index in [-0.39, 0.29) is 5.82 Å². The molecule has 3 heteroatoms. The Kier molecular flexibility index (Phi) is 6.40. The van der Waals surface area contributed by atoms with E-state index >= 15 is 0 Å². The first kappa shape index (κ1) is 16.2. The summed E-state index contributed by atoms with van der Waals surface area (Å²) in [5.41, 5.74) is 2.52. The van der Waals surface area contributed by atoms with Gasteiger partial charge in [0.05, 0.1) is 0 Å². The van der Waals surface area contributed by atoms with Gasteiger partial charge >= 0.3 is 0 Å². The van der Waals surface area contributed by atoms with Crippen LogP contribution < -0.4 is 5.32 Å². The summed E-state index contributed by atoms with van der Waals surface area (Å²) in [5.74, 6) is 0.332. The Morgan fingerprint density at radius 3 is 2.43 bits per heavy atom. The van der Waals surface area contributed by atoms with E-state index in [1.807, 2.05) is 18.2 Å². The molecule has 1 N–H and O–H groups in total. The third kappa shape index (κ3) is 5.60. The van der Waals surface area contributed by atoms with Crippen molar-refractivity contribution in [1.29, 1.82) is 0 Å². The zero-order valence-corrected chi connectivity index (χ0v) is 13.9. The first-order valence-corrected chi connectivity index (χ1v) is 8.16. The summed E-state index contributed by atoms with van der Waals surface area (Å²) in [6.07, 6.45) is 1.98. The van der Waals surface area contributed by atoms with Crippen LogP contribution >= 0.6 is 15.9 Å². The number of benzene rings is 2. The summed E-state index contributed by atoms with van der Waals surface area (Å²) in [4.78, 5) is 0. The van der Waals surface area contributed by atoms with Crippen molar-refractivity contribution in [3.8, 4) is 0 Å². The van der Waals surface area contributed by atoms with Crippen LogP contribution in [0, 0.1) is 11.7 Å². The highest BCUT2D eigenvalue weighted by molar-refractivity contribution is 9.10. The Balaban J connectivity index is 2.04. The van der Waals surface area contributed by atoms with Gasteiger partial charge in [-0.05, 0) is 67.2 Å². The van der Waals surface area contributed by atoms with Gasteiger partial charge in [-0.2, -0.15) is 0 Å². The number of nitrogens with one attached hydrogen (secondary N) is 1. The molecule has 0 amide bonds. The maximum atomic E-state index is 13.0. The third-order valence-corrected chi connectivity index (χ3v) is 4.03. The summed E-state index contributed by atoms with van der Waals surface area (Å²) in [6.45, 7) is 4.06. The van der Waals surface area contributed by atoms with E-state index in [0.29, 0.717) is 5.92 Å². The lowest BCUT2D eigenvalue weighted by Crippen LogP contribution is -2.25. The van der Waals surface area contributed by atoms with Gasteiger partial charge in [0.1, 0.15) is 5.82 Å². The van der Waals surface area contributed by atoms with E-state index in [1.165, 1.54) is 11.1 Å². The predicted octanol–water partition coefficient (Wildman–Crippen LogP) is 4.60. The van der Waals surface area contributed by atoms with E-state index in [9.17, 15) is 4.39 Å². The van der Waals surface area contributed by atoms with Crippen molar-refractivity contribution in [1.82, 2.24) is 5.32 Å². The van der Waals surface area contributed by atoms with Crippen molar-refractivity contribution >= 4 is 15.9 Å². The highest BCUT2D eigenvalue weighted by Crippen LogP contribution is 2.18. The molecule has 112 valence electrons. The highest BCUT2D eigenvalue weighted by Gasteiger charge is 2.11. The Bertz CT molecular complexity index is 553. The predicted molar refractivity (Wildman–Crippen MR) is 90.0 cm³/mol. The monoisotopic (exact) mass is 349 g/mol. The molecule has 1 nitrogen and oxygen atoms in total. The van der Waals surface area contributed by atoms with Crippen molar-refractivity contribution in [2.45, 2.75) is 19.8 Å². The highest BCUT2D eigenvalue weighted by atomic mass is 79.9. The minimum Gasteiger partial charge on any atom is -0.317 e. The van der Waals surface area contributed by atoms with Crippen LogP contribution in [0.25, 0.3) is 0 Å². The van der Waals surface area contributed by atoms with Crippen LogP contribution in [0.3, 0.4) is 0 Å². The lowest BCUT2D eigenvalue weighted by atomic mass is 9.92. The smallest absolute Gasteiger partial charge is 0.123 e. The standard InChI is InChI=1S/C18H21BrFN/c1-2-21-13-16(10-14-6-8-18(20)9-7-14)11-15-4-3-5-17(19)12-15/h3-9,12,16,21H,2,10-11,13H2,1H3. The van der Waals surface area contributed by atoms with Gasteiger partial charge in [0.25, 0.3) is 0 Å². The maximum absolute atomic E-state index is 13.0. The van der Waals surface area contributed by atoms with Gasteiger partial charge in [0, 0.05) is 4.47 Å². The summed E-state index contributed by atoms with van der Waals surface area (Å²) in [7, 11) is 0. The van der Waals surface area contributed by atoms with Crippen molar-refractivity contribution in [3.63, 3.8) is 0 Å². The molecule has 21 heavy (non-hydrogen) atoms. The van der Waals surface area contributed by atoms with Gasteiger partial charge in [-0.3, -0.25) is 0 Å². The first-order valence-electron chi connectivity index (χ1n) is 7.37. The largest absolute Gasteiger partial charge is 0.317 e. The van der Waals surface area contributed by atoms with Crippen LogP contribution in [0.15, 0.2) is 53.0 Å². The van der Waals surface area contributed by atoms with E-state index in [1.54, 1.807) is 12.1 Å². The van der Waals surface area contributed by atoms with Crippen molar-refractivity contribution < 1.29 is 4.39 Å². The number of rotatable bonds is 7. The molecule has 1 atom stereocenters. The number of halogens is 2. The summed E-state index contributed by atoms with van der Waals surface area (Å²) < 4.78 is 14.1. The van der Waals surface area contributed by atoms with Gasteiger partial charge in [0.15, 0.2) is 0 Å². The van der Waals surface area contributed by atoms with E-state index in [0.717, 1.165) is 30.4 Å². The molecule has 0 aromatic heterocycles. The molecule has 0 radical (unpaired) electrons. The van der Waals surface area contributed by atoms with Crippen LogP contribution in [0.1, 0.15) is 18.1 Å². The molecule has 0 saturated carbocycles. The Morgan fingerprint density at radius 2 is 1.76 bits per heavy atom. The zero-order valence-electron chi connectivity index (χ0n) is 12.3. The number of hydrogen-bond donors (Lipinski definition) is 1. The zero-order chi connectivity index (χ0) is 15.1. The molecule has 0 aliphatic rings. The quantitative estimate of drug-likeness (QED) is 0.770. The normalized spacial score (nSPS) is 12.3. The van der Waals surface area contributed by atoms with Gasteiger partial charge < -0.3 is 5.32 Å². The van der Waals surface area contributed by atoms with Gasteiger partial charge in [-0.25, -0.2) is 4.39 Å². The fourth-order valence-electron chi connectivity index (χ4n) is 2.52. The third-order valence-electron chi connectivity index (χ3n) is 3.53. The van der Waals surface area contributed by atoms with Crippen molar-refractivity contribution in [2.75, 3.05) is 13.1 Å². The second-order valence-electron chi connectivity index (χ2n) is 5.34. The Morgan fingerprint density at radius 1 is 1.05 bits per heavy atom. The maximum Gasteiger partial charge on any atom is 0.123 e. The molecule has 2 rings (SSSR count). The van der Waals surface area contributed by atoms with Gasteiger partial charge in [-0.1, -0.05) is 47.1 Å². The average molecular weight is 350 g/mol. The lowest BCUT2D eigenvalue weighted by Gasteiger charge is -2.18. The molecular weight excluding hydrogens is 329 g/mol. The Labute approximate surface area is 134 Å². The van der Waals surface area contributed by atoms with Gasteiger partial charge in [0.2, 0.25) is 0 Å². The molecule has 0 saturated heterocycles. The van der Waals surface area contributed by atoms with Crippen LogP contribution in [0.2, 0.25) is 0 Å². The topological polar surface area (TPSA) is 12.0 Å².